The maximum atomic E-state index is 2.57. The predicted octanol–water partition coefficient (Wildman–Crippen LogP) is 3.30. The number of rotatable bonds is 1. The number of nitrogens with zero attached hydrogens (tertiary/aromatic N) is 1. The molecule has 1 fully saturated rings. The normalized spacial score (nSPS) is 20.2. The fourth-order valence-electron chi connectivity index (χ4n) is 1.63. The first-order chi connectivity index (χ1) is 5.93. The molecule has 0 radical (unpaired) electrons. The lowest BCUT2D eigenvalue weighted by Crippen LogP contribution is -2.26. The van der Waals surface area contributed by atoms with E-state index < -0.39 is 0 Å². The lowest BCUT2D eigenvalue weighted by molar-refractivity contribution is 0.259. The number of hydrogen-bond donors (Lipinski definition) is 0. The van der Waals surface area contributed by atoms with Crippen molar-refractivity contribution in [1.82, 2.24) is 4.90 Å². The Bertz CT molecular complexity index is 73.1. The molecule has 0 bridgehead atoms. The smallest absolute Gasteiger partial charge is 0.00189 e. The minimum absolute atomic E-state index is 1.25. The highest BCUT2D eigenvalue weighted by atomic mass is 15.1. The molecule has 0 N–H and O–H groups in total. The van der Waals surface area contributed by atoms with E-state index in [2.05, 4.69) is 11.8 Å². The van der Waals surface area contributed by atoms with Gasteiger partial charge >= 0.3 is 0 Å². The maximum absolute atomic E-state index is 2.57. The summed E-state index contributed by atoms with van der Waals surface area (Å²) in [6, 6.07) is 0. The Morgan fingerprint density at radius 3 is 1.67 bits per heavy atom. The van der Waals surface area contributed by atoms with Crippen LogP contribution in [0.4, 0.5) is 0 Å². The van der Waals surface area contributed by atoms with E-state index in [-0.39, 0.29) is 0 Å². The summed E-state index contributed by atoms with van der Waals surface area (Å²) in [5.41, 5.74) is 0. The molecule has 1 heteroatoms. The molecule has 0 aromatic carbocycles. The number of hydrogen-bond acceptors (Lipinski definition) is 1. The summed E-state index contributed by atoms with van der Waals surface area (Å²) in [4.78, 5) is 2.57. The first kappa shape index (κ1) is 12.0. The zero-order valence-electron chi connectivity index (χ0n) is 9.10. The van der Waals surface area contributed by atoms with Gasteiger partial charge in [-0.1, -0.05) is 40.0 Å². The Balaban J connectivity index is 0.000000561. The van der Waals surface area contributed by atoms with Crippen molar-refractivity contribution >= 4 is 0 Å². The molecule has 0 unspecified atom stereocenters. The third-order valence-corrected chi connectivity index (χ3v) is 2.40. The van der Waals surface area contributed by atoms with E-state index >= 15 is 0 Å². The first-order valence-corrected chi connectivity index (χ1v) is 5.66. The van der Waals surface area contributed by atoms with Gasteiger partial charge in [0, 0.05) is 0 Å². The Kier molecular flexibility index (Phi) is 9.02. The van der Waals surface area contributed by atoms with Crippen LogP contribution in [0.1, 0.15) is 52.9 Å². The molecule has 1 nitrogen and oxygen atoms in total. The van der Waals surface area contributed by atoms with E-state index in [0.717, 1.165) is 0 Å². The van der Waals surface area contributed by atoms with E-state index in [9.17, 15) is 0 Å². The topological polar surface area (TPSA) is 3.24 Å². The Morgan fingerprint density at radius 1 is 0.833 bits per heavy atom. The first-order valence-electron chi connectivity index (χ1n) is 5.66. The molecular weight excluding hydrogens is 146 g/mol. The van der Waals surface area contributed by atoms with Gasteiger partial charge in [0.15, 0.2) is 0 Å². The highest BCUT2D eigenvalue weighted by Gasteiger charge is 2.04. The summed E-state index contributed by atoms with van der Waals surface area (Å²) in [7, 11) is 0. The maximum Gasteiger partial charge on any atom is -0.00189 e. The molecule has 0 spiro atoms. The molecule has 1 heterocycles. The van der Waals surface area contributed by atoms with Crippen molar-refractivity contribution in [2.75, 3.05) is 19.6 Å². The minimum atomic E-state index is 1.25. The molecule has 0 saturated carbocycles. The average Bonchev–Trinajstić information content (AvgIpc) is 2.08. The average molecular weight is 171 g/mol. The molecular formula is C11H25N. The van der Waals surface area contributed by atoms with Crippen LogP contribution in [-0.2, 0) is 0 Å². The van der Waals surface area contributed by atoms with Crippen LogP contribution in [-0.4, -0.2) is 24.5 Å². The summed E-state index contributed by atoms with van der Waals surface area (Å²) in [6.07, 6.45) is 7.23. The molecule has 1 saturated heterocycles. The van der Waals surface area contributed by atoms with Gasteiger partial charge in [0.05, 0.1) is 0 Å². The molecule has 1 aliphatic rings. The summed E-state index contributed by atoms with van der Waals surface area (Å²) >= 11 is 0. The second-order valence-corrected chi connectivity index (χ2v) is 3.20. The van der Waals surface area contributed by atoms with Gasteiger partial charge in [-0.25, -0.2) is 0 Å². The summed E-state index contributed by atoms with van der Waals surface area (Å²) in [5, 5.41) is 0. The predicted molar refractivity (Wildman–Crippen MR) is 56.5 cm³/mol. The molecule has 0 amide bonds. The van der Waals surface area contributed by atoms with Crippen LogP contribution in [0.5, 0.6) is 0 Å². The Hall–Kier alpha value is -0.0400. The standard InChI is InChI=1S/C9H19N.C2H6/c1-2-10-8-6-4-3-5-7-9-10;1-2/h2-9H2,1H3;1-2H3. The van der Waals surface area contributed by atoms with Crippen LogP contribution in [0.25, 0.3) is 0 Å². The number of likely N-dealkylation sites (tertiary alicyclic amines) is 1. The van der Waals surface area contributed by atoms with Crippen molar-refractivity contribution in [2.45, 2.75) is 52.9 Å². The van der Waals surface area contributed by atoms with Gasteiger partial charge < -0.3 is 4.90 Å². The third kappa shape index (κ3) is 5.59. The fraction of sp³-hybridized carbons (Fsp3) is 1.00. The van der Waals surface area contributed by atoms with Gasteiger partial charge in [-0.2, -0.15) is 0 Å². The van der Waals surface area contributed by atoms with Crippen molar-refractivity contribution < 1.29 is 0 Å². The van der Waals surface area contributed by atoms with Crippen molar-refractivity contribution in [3.8, 4) is 0 Å². The largest absolute Gasteiger partial charge is 0.304 e. The highest BCUT2D eigenvalue weighted by molar-refractivity contribution is 4.59. The lowest BCUT2D eigenvalue weighted by Gasteiger charge is -2.22. The molecule has 12 heavy (non-hydrogen) atoms. The van der Waals surface area contributed by atoms with Crippen LogP contribution >= 0.6 is 0 Å². The quantitative estimate of drug-likeness (QED) is 0.585. The van der Waals surface area contributed by atoms with Crippen LogP contribution in [0, 0.1) is 0 Å². The van der Waals surface area contributed by atoms with E-state index in [0.29, 0.717) is 0 Å². The van der Waals surface area contributed by atoms with E-state index in [1.54, 1.807) is 0 Å². The van der Waals surface area contributed by atoms with Gasteiger partial charge in [0.25, 0.3) is 0 Å². The Morgan fingerprint density at radius 2 is 1.25 bits per heavy atom. The van der Waals surface area contributed by atoms with Crippen molar-refractivity contribution in [2.24, 2.45) is 0 Å². The van der Waals surface area contributed by atoms with E-state index in [4.69, 9.17) is 0 Å². The molecule has 0 atom stereocenters. The molecule has 0 aromatic rings. The van der Waals surface area contributed by atoms with Crippen molar-refractivity contribution in [1.29, 1.82) is 0 Å². The van der Waals surface area contributed by atoms with Gasteiger partial charge in [0.1, 0.15) is 0 Å². The van der Waals surface area contributed by atoms with Gasteiger partial charge in [-0.05, 0) is 32.5 Å². The second kappa shape index (κ2) is 9.05. The third-order valence-electron chi connectivity index (χ3n) is 2.40. The van der Waals surface area contributed by atoms with Crippen molar-refractivity contribution in [3.63, 3.8) is 0 Å². The van der Waals surface area contributed by atoms with Gasteiger partial charge in [0.2, 0.25) is 0 Å². The van der Waals surface area contributed by atoms with Crippen LogP contribution in [0.3, 0.4) is 0 Å². The minimum Gasteiger partial charge on any atom is -0.304 e. The summed E-state index contributed by atoms with van der Waals surface area (Å²) in [5.74, 6) is 0. The van der Waals surface area contributed by atoms with Crippen LogP contribution in [0.2, 0.25) is 0 Å². The van der Waals surface area contributed by atoms with Crippen LogP contribution in [0.15, 0.2) is 0 Å². The van der Waals surface area contributed by atoms with Gasteiger partial charge in [-0.3, -0.25) is 0 Å². The Labute approximate surface area is 78.1 Å². The zero-order chi connectivity index (χ0) is 9.23. The van der Waals surface area contributed by atoms with Crippen molar-refractivity contribution in [3.05, 3.63) is 0 Å². The second-order valence-electron chi connectivity index (χ2n) is 3.20. The van der Waals surface area contributed by atoms with Crippen LogP contribution < -0.4 is 0 Å². The van der Waals surface area contributed by atoms with E-state index in [1.165, 1.54) is 51.7 Å². The molecule has 1 rings (SSSR count). The highest BCUT2D eigenvalue weighted by Crippen LogP contribution is 2.09. The van der Waals surface area contributed by atoms with Gasteiger partial charge in [-0.15, -0.1) is 0 Å². The monoisotopic (exact) mass is 171 g/mol. The molecule has 0 aromatic heterocycles. The zero-order valence-corrected chi connectivity index (χ0v) is 9.10. The lowest BCUT2D eigenvalue weighted by atomic mass is 10.1. The molecule has 0 aliphatic carbocycles. The molecule has 74 valence electrons. The molecule has 1 aliphatic heterocycles. The SMILES string of the molecule is CC.CCN1CCCCCCC1. The summed E-state index contributed by atoms with van der Waals surface area (Å²) in [6.45, 7) is 10.2. The summed E-state index contributed by atoms with van der Waals surface area (Å²) < 4.78 is 0. The fourth-order valence-corrected chi connectivity index (χ4v) is 1.63. The van der Waals surface area contributed by atoms with E-state index in [1.807, 2.05) is 13.8 Å².